The summed E-state index contributed by atoms with van der Waals surface area (Å²) < 4.78 is 15.9. The van der Waals surface area contributed by atoms with Crippen LogP contribution in [0.25, 0.3) is 6.08 Å². The summed E-state index contributed by atoms with van der Waals surface area (Å²) in [5.74, 6) is -0.390. The van der Waals surface area contributed by atoms with Crippen molar-refractivity contribution < 1.29 is 28.6 Å². The molecule has 0 saturated carbocycles. The third kappa shape index (κ3) is 3.39. The molecule has 28 heavy (non-hydrogen) atoms. The Morgan fingerprint density at radius 3 is 2.04 bits per heavy atom. The van der Waals surface area contributed by atoms with Crippen LogP contribution in [0.1, 0.15) is 5.56 Å². The lowest BCUT2D eigenvalue weighted by atomic mass is 10.0. The van der Waals surface area contributed by atoms with Crippen molar-refractivity contribution >= 4 is 29.6 Å². The highest BCUT2D eigenvalue weighted by atomic mass is 16.5. The number of nitrogens with zero attached hydrogens (tertiary/aromatic N) is 1. The van der Waals surface area contributed by atoms with Crippen LogP contribution in [0.15, 0.2) is 48.0 Å². The van der Waals surface area contributed by atoms with Gasteiger partial charge < -0.3 is 14.2 Å². The van der Waals surface area contributed by atoms with Crippen molar-refractivity contribution in [2.24, 2.45) is 0 Å². The molecule has 0 aromatic heterocycles. The van der Waals surface area contributed by atoms with Crippen molar-refractivity contribution in [2.75, 3.05) is 26.2 Å². The fourth-order valence-corrected chi connectivity index (χ4v) is 2.79. The Kier molecular flexibility index (Phi) is 5.30. The van der Waals surface area contributed by atoms with Crippen LogP contribution in [-0.2, 0) is 9.59 Å². The SMILES string of the molecule is COc1cc(OC)c(/C=C2/C(=O)NC(=O)N(c3ccccc3)C2=O)c(OC)c1. The third-order valence-electron chi connectivity index (χ3n) is 4.16. The second-order valence-corrected chi connectivity index (χ2v) is 5.74. The monoisotopic (exact) mass is 382 g/mol. The van der Waals surface area contributed by atoms with Crippen molar-refractivity contribution in [1.29, 1.82) is 0 Å². The Morgan fingerprint density at radius 1 is 0.893 bits per heavy atom. The van der Waals surface area contributed by atoms with E-state index in [1.165, 1.54) is 27.4 Å². The lowest BCUT2D eigenvalue weighted by Crippen LogP contribution is -2.54. The summed E-state index contributed by atoms with van der Waals surface area (Å²) >= 11 is 0. The van der Waals surface area contributed by atoms with Gasteiger partial charge in [0.1, 0.15) is 22.8 Å². The zero-order valence-corrected chi connectivity index (χ0v) is 15.5. The Bertz CT molecular complexity index is 943. The minimum absolute atomic E-state index is 0.231. The first-order valence-corrected chi connectivity index (χ1v) is 8.26. The van der Waals surface area contributed by atoms with Crippen LogP contribution in [0.3, 0.4) is 0 Å². The number of barbiturate groups is 1. The molecule has 8 heteroatoms. The zero-order chi connectivity index (χ0) is 20.3. The van der Waals surface area contributed by atoms with Gasteiger partial charge in [-0.2, -0.15) is 0 Å². The first kappa shape index (κ1) is 19.0. The predicted octanol–water partition coefficient (Wildman–Crippen LogP) is 2.38. The van der Waals surface area contributed by atoms with Crippen LogP contribution >= 0.6 is 0 Å². The molecule has 1 aliphatic heterocycles. The van der Waals surface area contributed by atoms with Gasteiger partial charge in [0.05, 0.1) is 32.6 Å². The van der Waals surface area contributed by atoms with Crippen LogP contribution < -0.4 is 24.4 Å². The number of methoxy groups -OCH3 is 3. The van der Waals surface area contributed by atoms with Crippen molar-refractivity contribution in [3.05, 3.63) is 53.6 Å². The largest absolute Gasteiger partial charge is 0.496 e. The van der Waals surface area contributed by atoms with E-state index in [1.807, 2.05) is 0 Å². The molecule has 0 bridgehead atoms. The number of urea groups is 1. The average molecular weight is 382 g/mol. The van der Waals surface area contributed by atoms with E-state index in [-0.39, 0.29) is 5.57 Å². The van der Waals surface area contributed by atoms with Gasteiger partial charge in [-0.05, 0) is 18.2 Å². The van der Waals surface area contributed by atoms with Gasteiger partial charge >= 0.3 is 6.03 Å². The summed E-state index contributed by atoms with van der Waals surface area (Å²) in [7, 11) is 4.38. The highest BCUT2D eigenvalue weighted by Gasteiger charge is 2.37. The predicted molar refractivity (Wildman–Crippen MR) is 102 cm³/mol. The molecule has 1 saturated heterocycles. The van der Waals surface area contributed by atoms with Gasteiger partial charge in [0.25, 0.3) is 11.8 Å². The first-order chi connectivity index (χ1) is 13.5. The highest BCUT2D eigenvalue weighted by Crippen LogP contribution is 2.36. The standard InChI is InChI=1S/C20H18N2O6/c1-26-13-9-16(27-2)14(17(10-13)28-3)11-15-18(23)21-20(25)22(19(15)24)12-7-5-4-6-8-12/h4-11H,1-3H3,(H,21,23,25)/b15-11-. The fourth-order valence-electron chi connectivity index (χ4n) is 2.79. The molecule has 3 rings (SSSR count). The van der Waals surface area contributed by atoms with Crippen LogP contribution in [0.2, 0.25) is 0 Å². The first-order valence-electron chi connectivity index (χ1n) is 8.26. The van der Waals surface area contributed by atoms with Crippen molar-refractivity contribution in [2.45, 2.75) is 0 Å². The van der Waals surface area contributed by atoms with Crippen molar-refractivity contribution in [3.8, 4) is 17.2 Å². The molecule has 0 radical (unpaired) electrons. The van der Waals surface area contributed by atoms with Gasteiger partial charge in [-0.1, -0.05) is 18.2 Å². The minimum atomic E-state index is -0.813. The van der Waals surface area contributed by atoms with Crippen LogP contribution in [0.5, 0.6) is 17.2 Å². The van der Waals surface area contributed by atoms with Crippen LogP contribution in [0, 0.1) is 0 Å². The minimum Gasteiger partial charge on any atom is -0.496 e. The smallest absolute Gasteiger partial charge is 0.335 e. The molecule has 0 unspecified atom stereocenters. The molecule has 2 aromatic carbocycles. The lowest BCUT2D eigenvalue weighted by molar-refractivity contribution is -0.122. The molecule has 4 amide bonds. The number of imide groups is 2. The summed E-state index contributed by atoms with van der Waals surface area (Å²) in [5.41, 5.74) is 0.481. The summed E-state index contributed by atoms with van der Waals surface area (Å²) in [6, 6.07) is 10.7. The molecule has 8 nitrogen and oxygen atoms in total. The van der Waals surface area contributed by atoms with E-state index in [0.29, 0.717) is 28.5 Å². The number of nitrogens with one attached hydrogen (secondary N) is 1. The summed E-state index contributed by atoms with van der Waals surface area (Å²) in [5, 5.41) is 2.18. The van der Waals surface area contributed by atoms with Gasteiger partial charge in [-0.15, -0.1) is 0 Å². The van der Waals surface area contributed by atoms with E-state index < -0.39 is 17.8 Å². The Balaban J connectivity index is 2.12. The topological polar surface area (TPSA) is 94.2 Å². The van der Waals surface area contributed by atoms with Gasteiger partial charge in [-0.3, -0.25) is 14.9 Å². The van der Waals surface area contributed by atoms with Crippen molar-refractivity contribution in [3.63, 3.8) is 0 Å². The second kappa shape index (κ2) is 7.83. The Labute approximate surface area is 161 Å². The molecule has 1 heterocycles. The maximum absolute atomic E-state index is 12.9. The van der Waals surface area contributed by atoms with E-state index in [9.17, 15) is 14.4 Å². The second-order valence-electron chi connectivity index (χ2n) is 5.74. The number of rotatable bonds is 5. The summed E-state index contributed by atoms with van der Waals surface area (Å²) in [6.07, 6.45) is 1.33. The molecule has 2 aromatic rings. The maximum atomic E-state index is 12.9. The van der Waals surface area contributed by atoms with Crippen LogP contribution in [0.4, 0.5) is 10.5 Å². The molecule has 0 aliphatic carbocycles. The van der Waals surface area contributed by atoms with Crippen molar-refractivity contribution in [1.82, 2.24) is 5.32 Å². The van der Waals surface area contributed by atoms with E-state index in [0.717, 1.165) is 4.90 Å². The van der Waals surface area contributed by atoms with E-state index in [1.54, 1.807) is 42.5 Å². The van der Waals surface area contributed by atoms with Gasteiger partial charge in [0.2, 0.25) is 0 Å². The highest BCUT2D eigenvalue weighted by molar-refractivity contribution is 6.39. The molecule has 1 aliphatic rings. The number of para-hydroxylation sites is 1. The number of hydrogen-bond donors (Lipinski definition) is 1. The molecule has 0 spiro atoms. The molecule has 1 N–H and O–H groups in total. The number of benzene rings is 2. The third-order valence-corrected chi connectivity index (χ3v) is 4.16. The zero-order valence-electron chi connectivity index (χ0n) is 15.5. The number of ether oxygens (including phenoxy) is 3. The maximum Gasteiger partial charge on any atom is 0.335 e. The number of anilines is 1. The summed E-state index contributed by atoms with van der Waals surface area (Å²) in [4.78, 5) is 38.4. The average Bonchev–Trinajstić information content (AvgIpc) is 2.71. The molecule has 144 valence electrons. The van der Waals surface area contributed by atoms with Crippen LogP contribution in [-0.4, -0.2) is 39.2 Å². The van der Waals surface area contributed by atoms with Gasteiger partial charge in [-0.25, -0.2) is 9.69 Å². The molecular weight excluding hydrogens is 364 g/mol. The Morgan fingerprint density at radius 2 is 1.50 bits per heavy atom. The molecule has 0 atom stereocenters. The number of hydrogen-bond acceptors (Lipinski definition) is 6. The lowest BCUT2D eigenvalue weighted by Gasteiger charge is -2.26. The van der Waals surface area contributed by atoms with E-state index in [2.05, 4.69) is 5.32 Å². The molecular formula is C20H18N2O6. The number of amides is 4. The molecule has 1 fully saturated rings. The quantitative estimate of drug-likeness (QED) is 0.630. The Hall–Kier alpha value is -3.81. The van der Waals surface area contributed by atoms with Gasteiger partial charge in [0, 0.05) is 12.1 Å². The summed E-state index contributed by atoms with van der Waals surface area (Å²) in [6.45, 7) is 0. The van der Waals surface area contributed by atoms with E-state index >= 15 is 0 Å². The van der Waals surface area contributed by atoms with E-state index in [4.69, 9.17) is 14.2 Å². The normalized spacial score (nSPS) is 15.5. The van der Waals surface area contributed by atoms with Gasteiger partial charge in [0.15, 0.2) is 0 Å². The fraction of sp³-hybridized carbons (Fsp3) is 0.150. The number of carbonyl (C=O) groups excluding carboxylic acids is 3. The number of carbonyl (C=O) groups is 3.